The van der Waals surface area contributed by atoms with Crippen LogP contribution in [0.15, 0.2) is 96.8 Å². The zero-order valence-electron chi connectivity index (χ0n) is 19.2. The Kier molecular flexibility index (Phi) is 7.42. The van der Waals surface area contributed by atoms with E-state index in [1.165, 1.54) is 56.9 Å². The number of aromatic nitrogens is 1. The zero-order chi connectivity index (χ0) is 23.7. The van der Waals surface area contributed by atoms with E-state index in [1.807, 2.05) is 6.07 Å². The van der Waals surface area contributed by atoms with Crippen molar-refractivity contribution < 1.29 is 30.0 Å². The maximum absolute atomic E-state index is 10.0. The predicted octanol–water partition coefficient (Wildman–Crippen LogP) is 8.26. The van der Waals surface area contributed by atoms with E-state index >= 15 is 0 Å². The minimum absolute atomic E-state index is 0. The number of fused-ring (bicyclic) bond motifs is 7. The van der Waals surface area contributed by atoms with Crippen molar-refractivity contribution in [1.29, 1.82) is 0 Å². The van der Waals surface area contributed by atoms with E-state index in [0.717, 1.165) is 16.1 Å². The van der Waals surface area contributed by atoms with Gasteiger partial charge in [0.15, 0.2) is 5.78 Å². The Labute approximate surface area is 221 Å². The first kappa shape index (κ1) is 24.7. The fourth-order valence-corrected chi connectivity index (χ4v) is 5.19. The molecule has 0 atom stereocenters. The maximum Gasteiger partial charge on any atom is 0.155 e. The molecule has 1 heterocycles. The SMILES string of the molecule is CC(=O)/C=C(/C)O.[Ir].[c-]1cc2c3ccccc3c3ccccc3c2cc1-c1nc2ccccc2s1. The first-order chi connectivity index (χ1) is 16.5. The molecule has 5 aromatic carbocycles. The van der Waals surface area contributed by atoms with E-state index in [4.69, 9.17) is 10.1 Å². The normalized spacial score (nSPS) is 11.3. The van der Waals surface area contributed by atoms with Crippen LogP contribution in [0.4, 0.5) is 0 Å². The van der Waals surface area contributed by atoms with Gasteiger partial charge in [0.2, 0.25) is 0 Å². The molecular formula is C30H22IrNO2S-. The van der Waals surface area contributed by atoms with Crippen LogP contribution in [0.1, 0.15) is 13.8 Å². The number of ketones is 1. The van der Waals surface area contributed by atoms with Gasteiger partial charge < -0.3 is 5.11 Å². The summed E-state index contributed by atoms with van der Waals surface area (Å²) in [4.78, 5) is 14.8. The second kappa shape index (κ2) is 10.5. The first-order valence-electron chi connectivity index (χ1n) is 11.0. The molecule has 0 bridgehead atoms. The number of hydrogen-bond donors (Lipinski definition) is 1. The summed E-state index contributed by atoms with van der Waals surface area (Å²) in [6, 6.07) is 33.5. The summed E-state index contributed by atoms with van der Waals surface area (Å²) >= 11 is 1.73. The van der Waals surface area contributed by atoms with Crippen molar-refractivity contribution in [3.8, 4) is 10.6 Å². The second-order valence-electron chi connectivity index (χ2n) is 8.15. The number of hydrogen-bond acceptors (Lipinski definition) is 4. The second-order valence-corrected chi connectivity index (χ2v) is 9.18. The van der Waals surface area contributed by atoms with E-state index in [0.29, 0.717) is 0 Å². The number of carbonyl (C=O) groups is 1. The molecular weight excluding hydrogens is 631 g/mol. The summed E-state index contributed by atoms with van der Waals surface area (Å²) in [5.74, 6) is -0.0625. The number of para-hydroxylation sites is 1. The minimum atomic E-state index is -0.125. The van der Waals surface area contributed by atoms with Crippen LogP contribution in [-0.2, 0) is 24.9 Å². The molecule has 35 heavy (non-hydrogen) atoms. The van der Waals surface area contributed by atoms with E-state index in [9.17, 15) is 4.79 Å². The molecule has 1 aromatic heterocycles. The van der Waals surface area contributed by atoms with E-state index < -0.39 is 0 Å². The van der Waals surface area contributed by atoms with Crippen molar-refractivity contribution in [3.63, 3.8) is 0 Å². The zero-order valence-corrected chi connectivity index (χ0v) is 22.4. The monoisotopic (exact) mass is 653 g/mol. The Balaban J connectivity index is 0.000000320. The summed E-state index contributed by atoms with van der Waals surface area (Å²) < 4.78 is 1.21. The topological polar surface area (TPSA) is 50.2 Å². The quantitative estimate of drug-likeness (QED) is 0.0887. The third-order valence-corrected chi connectivity index (χ3v) is 6.68. The van der Waals surface area contributed by atoms with Crippen LogP contribution in [0, 0.1) is 6.07 Å². The van der Waals surface area contributed by atoms with Gasteiger partial charge in [0.05, 0.1) is 11.3 Å². The number of aliphatic hydroxyl groups is 1. The third-order valence-electron chi connectivity index (χ3n) is 5.61. The molecule has 6 aromatic rings. The average molecular weight is 653 g/mol. The van der Waals surface area contributed by atoms with Gasteiger partial charge in [-0.1, -0.05) is 76.8 Å². The molecule has 0 amide bonds. The van der Waals surface area contributed by atoms with E-state index in [2.05, 4.69) is 84.9 Å². The molecule has 175 valence electrons. The van der Waals surface area contributed by atoms with Crippen LogP contribution < -0.4 is 0 Å². The van der Waals surface area contributed by atoms with Gasteiger partial charge in [-0.25, -0.2) is 0 Å². The molecule has 6 rings (SSSR count). The molecule has 0 fully saturated rings. The molecule has 0 spiro atoms. The fraction of sp³-hybridized carbons (Fsp3) is 0.0667. The average Bonchev–Trinajstić information content (AvgIpc) is 3.28. The molecule has 0 aliphatic heterocycles. The van der Waals surface area contributed by atoms with Crippen LogP contribution in [0.2, 0.25) is 0 Å². The molecule has 0 saturated carbocycles. The molecule has 0 unspecified atom stereocenters. The molecule has 0 saturated heterocycles. The van der Waals surface area contributed by atoms with Gasteiger partial charge in [-0.3, -0.25) is 9.78 Å². The number of rotatable bonds is 2. The number of aliphatic hydroxyl groups excluding tert-OH is 1. The van der Waals surface area contributed by atoms with Crippen molar-refractivity contribution in [2.75, 3.05) is 0 Å². The predicted molar refractivity (Wildman–Crippen MR) is 143 cm³/mol. The van der Waals surface area contributed by atoms with Gasteiger partial charge in [-0.05, 0) is 42.1 Å². The van der Waals surface area contributed by atoms with Gasteiger partial charge in [-0.15, -0.1) is 23.8 Å². The largest absolute Gasteiger partial charge is 0.512 e. The van der Waals surface area contributed by atoms with Gasteiger partial charge in [0.1, 0.15) is 0 Å². The molecule has 1 N–H and O–H groups in total. The number of benzene rings is 5. The Morgan fingerprint density at radius 2 is 1.37 bits per heavy atom. The summed E-state index contributed by atoms with van der Waals surface area (Å²) in [5, 5.41) is 17.0. The van der Waals surface area contributed by atoms with Crippen molar-refractivity contribution in [2.24, 2.45) is 0 Å². The van der Waals surface area contributed by atoms with Crippen molar-refractivity contribution in [1.82, 2.24) is 4.98 Å². The van der Waals surface area contributed by atoms with Gasteiger partial charge >= 0.3 is 0 Å². The molecule has 5 heteroatoms. The van der Waals surface area contributed by atoms with Crippen LogP contribution in [0.3, 0.4) is 0 Å². The minimum Gasteiger partial charge on any atom is -0.512 e. The smallest absolute Gasteiger partial charge is 0.155 e. The maximum atomic E-state index is 10.0. The summed E-state index contributed by atoms with van der Waals surface area (Å²) in [5.41, 5.74) is 2.11. The molecule has 0 aliphatic carbocycles. The summed E-state index contributed by atoms with van der Waals surface area (Å²) in [7, 11) is 0. The number of allylic oxidation sites excluding steroid dienone is 2. The molecule has 3 nitrogen and oxygen atoms in total. The summed E-state index contributed by atoms with van der Waals surface area (Å²) in [6.45, 7) is 2.85. The molecule has 1 radical (unpaired) electrons. The third kappa shape index (κ3) is 5.03. The number of thiazole rings is 1. The van der Waals surface area contributed by atoms with Gasteiger partial charge in [-0.2, -0.15) is 11.3 Å². The van der Waals surface area contributed by atoms with E-state index in [-0.39, 0.29) is 31.6 Å². The van der Waals surface area contributed by atoms with Crippen molar-refractivity contribution in [2.45, 2.75) is 13.8 Å². The Bertz CT molecular complexity index is 1650. The van der Waals surface area contributed by atoms with E-state index in [1.54, 1.807) is 11.3 Å². The van der Waals surface area contributed by atoms with Crippen LogP contribution in [0.25, 0.3) is 53.1 Å². The fourth-order valence-electron chi connectivity index (χ4n) is 4.25. The number of nitrogens with zero attached hydrogens (tertiary/aromatic N) is 1. The Morgan fingerprint density at radius 3 is 1.91 bits per heavy atom. The van der Waals surface area contributed by atoms with Crippen LogP contribution in [0.5, 0.6) is 0 Å². The Morgan fingerprint density at radius 1 is 0.829 bits per heavy atom. The Hall–Kier alpha value is -3.37. The van der Waals surface area contributed by atoms with Gasteiger partial charge in [0.25, 0.3) is 0 Å². The first-order valence-corrected chi connectivity index (χ1v) is 11.8. The van der Waals surface area contributed by atoms with Crippen molar-refractivity contribution >= 4 is 59.7 Å². The standard InChI is InChI=1S/C25H14NS.C5H8O2.Ir/c1-2-9-19-17(7-1)18-8-3-4-10-20(18)22-15-16(13-14-21(19)22)25-26-23-11-5-6-12-24(23)27-25;1-4(6)3-5(2)7;/h1-12,14-15H;3,6H,1-2H3;/q-1;;/b;4-3-;. The van der Waals surface area contributed by atoms with Crippen LogP contribution >= 0.6 is 11.3 Å². The number of carbonyl (C=O) groups excluding carboxylic acids is 1. The molecule has 0 aliphatic rings. The van der Waals surface area contributed by atoms with Gasteiger partial charge in [0, 0.05) is 35.9 Å². The summed E-state index contributed by atoms with van der Waals surface area (Å²) in [6.07, 6.45) is 1.17. The van der Waals surface area contributed by atoms with Crippen molar-refractivity contribution in [3.05, 3.63) is 103 Å². The van der Waals surface area contributed by atoms with Crippen LogP contribution in [-0.4, -0.2) is 15.9 Å².